The zero-order valence-corrected chi connectivity index (χ0v) is 47.8. The molecule has 14 rings (SSSR count). The molecule has 0 radical (unpaired) electrons. The van der Waals surface area contributed by atoms with Crippen molar-refractivity contribution in [3.63, 3.8) is 0 Å². The average Bonchev–Trinajstić information content (AvgIpc) is 2.78. The van der Waals surface area contributed by atoms with E-state index in [1.54, 1.807) is 0 Å². The van der Waals surface area contributed by atoms with Crippen LogP contribution < -0.4 is 57.0 Å². The number of para-hydroxylation sites is 4. The van der Waals surface area contributed by atoms with Gasteiger partial charge in [-0.1, -0.05) is 195 Å². The highest BCUT2D eigenvalue weighted by Crippen LogP contribution is 2.50. The van der Waals surface area contributed by atoms with E-state index in [2.05, 4.69) is 295 Å². The molecule has 0 spiro atoms. The van der Waals surface area contributed by atoms with Crippen molar-refractivity contribution < 1.29 is 9.47 Å². The van der Waals surface area contributed by atoms with Gasteiger partial charge in [0.25, 0.3) is 6.71 Å². The van der Waals surface area contributed by atoms with Gasteiger partial charge >= 0.3 is 0 Å². The smallest absolute Gasteiger partial charge is 0.252 e. The minimum Gasteiger partial charge on any atom is -0.457 e. The zero-order valence-electron chi connectivity index (χ0n) is 47.0. The summed E-state index contributed by atoms with van der Waals surface area (Å²) in [5.41, 5.74) is 21.6. The molecule has 390 valence electrons. The van der Waals surface area contributed by atoms with Gasteiger partial charge in [0.05, 0.1) is 0 Å². The fourth-order valence-electron chi connectivity index (χ4n) is 12.6. The van der Waals surface area contributed by atoms with Gasteiger partial charge in [-0.05, 0) is 145 Å². The summed E-state index contributed by atoms with van der Waals surface area (Å²) in [6.07, 6.45) is 0. The van der Waals surface area contributed by atoms with Gasteiger partial charge in [-0.2, -0.15) is 0 Å². The molecule has 4 aliphatic rings. The second-order valence-corrected chi connectivity index (χ2v) is 26.1. The number of fused-ring (bicyclic) bond motifs is 8. The Morgan fingerprint density at radius 1 is 0.300 bits per heavy atom. The lowest BCUT2D eigenvalue weighted by atomic mass is 9.31. The summed E-state index contributed by atoms with van der Waals surface area (Å²) in [6, 6.07) is 80.5. The molecule has 80 heavy (non-hydrogen) atoms. The fourth-order valence-corrected chi connectivity index (χ4v) is 13.8. The molecule has 8 heteroatoms. The summed E-state index contributed by atoms with van der Waals surface area (Å²) in [5.74, 6) is 3.19. The Labute approximate surface area is 477 Å². The Morgan fingerprint density at radius 2 is 0.688 bits per heavy atom. The van der Waals surface area contributed by atoms with E-state index in [-0.39, 0.29) is 29.7 Å². The SMILES string of the molecule is CC(C)(C)c1ccc(Oc2cc3c4c(c2)N(c2ccccc2)c2ccccc2B4c2cc4c(cc2S3)N(c2ccc(C(C)(C)C)cc2)c2cc(Oc3ccc(C(C)(C)C)cc3)cc3c2B4c2ccccc2N3c2ccccc2)cc1. The normalized spacial score (nSPS) is 13.9. The van der Waals surface area contributed by atoms with Crippen LogP contribution in [0.5, 0.6) is 23.0 Å². The van der Waals surface area contributed by atoms with E-state index in [9.17, 15) is 0 Å². The molecule has 4 heterocycles. The minimum absolute atomic E-state index is 0.0171. The summed E-state index contributed by atoms with van der Waals surface area (Å²) >= 11 is 1.86. The summed E-state index contributed by atoms with van der Waals surface area (Å²) in [4.78, 5) is 9.84. The highest BCUT2D eigenvalue weighted by molar-refractivity contribution is 8.00. The van der Waals surface area contributed by atoms with E-state index in [4.69, 9.17) is 9.47 Å². The molecular formula is C72H63B2N3O2S. The Kier molecular flexibility index (Phi) is 11.6. The number of rotatable bonds is 7. The topological polar surface area (TPSA) is 28.2 Å². The molecule has 0 saturated carbocycles. The molecule has 0 aliphatic carbocycles. The molecule has 0 saturated heterocycles. The molecule has 4 aliphatic heterocycles. The summed E-state index contributed by atoms with van der Waals surface area (Å²) < 4.78 is 14.0. The first-order valence-corrected chi connectivity index (χ1v) is 28.9. The lowest BCUT2D eigenvalue weighted by Crippen LogP contribution is -2.64. The summed E-state index contributed by atoms with van der Waals surface area (Å²) in [7, 11) is 0. The number of hydrogen-bond donors (Lipinski definition) is 0. The first-order chi connectivity index (χ1) is 38.5. The number of nitrogens with zero attached hydrogens (tertiary/aromatic N) is 3. The molecule has 0 amide bonds. The van der Waals surface area contributed by atoms with Crippen LogP contribution in [0.25, 0.3) is 0 Å². The van der Waals surface area contributed by atoms with Crippen molar-refractivity contribution in [1.82, 2.24) is 0 Å². The largest absolute Gasteiger partial charge is 0.457 e. The highest BCUT2D eigenvalue weighted by atomic mass is 32.2. The van der Waals surface area contributed by atoms with Crippen LogP contribution in [0.2, 0.25) is 0 Å². The molecule has 10 aromatic rings. The first-order valence-electron chi connectivity index (χ1n) is 28.1. The highest BCUT2D eigenvalue weighted by Gasteiger charge is 2.47. The monoisotopic (exact) mass is 1060 g/mol. The van der Waals surface area contributed by atoms with Crippen LogP contribution in [-0.2, 0) is 16.2 Å². The molecule has 0 bridgehead atoms. The van der Waals surface area contributed by atoms with E-state index < -0.39 is 0 Å². The second kappa shape index (κ2) is 18.6. The summed E-state index contributed by atoms with van der Waals surface area (Å²) in [6.45, 7) is 20.2. The van der Waals surface area contributed by atoms with E-state index in [1.165, 1.54) is 64.9 Å². The van der Waals surface area contributed by atoms with Gasteiger partial charge in [-0.3, -0.25) is 0 Å². The number of benzene rings is 10. The lowest BCUT2D eigenvalue weighted by molar-refractivity contribution is 0.480. The predicted molar refractivity (Wildman–Crippen MR) is 340 cm³/mol. The van der Waals surface area contributed by atoms with Crippen LogP contribution in [0, 0.1) is 0 Å². The molecule has 0 N–H and O–H groups in total. The maximum absolute atomic E-state index is 7.07. The van der Waals surface area contributed by atoms with E-state index in [1.807, 2.05) is 11.8 Å². The predicted octanol–water partition coefficient (Wildman–Crippen LogP) is 16.0. The van der Waals surface area contributed by atoms with Crippen LogP contribution in [-0.4, -0.2) is 13.4 Å². The van der Waals surface area contributed by atoms with E-state index in [0.717, 1.165) is 68.5 Å². The van der Waals surface area contributed by atoms with E-state index in [0.29, 0.717) is 0 Å². The van der Waals surface area contributed by atoms with Crippen molar-refractivity contribution in [2.45, 2.75) is 88.3 Å². The molecule has 0 atom stereocenters. The van der Waals surface area contributed by atoms with Crippen molar-refractivity contribution in [3.05, 3.63) is 235 Å². The maximum Gasteiger partial charge on any atom is 0.252 e. The van der Waals surface area contributed by atoms with Gasteiger partial charge < -0.3 is 24.2 Å². The van der Waals surface area contributed by atoms with Gasteiger partial charge in [-0.25, -0.2) is 0 Å². The molecule has 0 unspecified atom stereocenters. The third kappa shape index (κ3) is 8.41. The third-order valence-corrected chi connectivity index (χ3v) is 17.8. The van der Waals surface area contributed by atoms with Gasteiger partial charge in [0.2, 0.25) is 6.71 Å². The minimum atomic E-state index is -0.104. The second-order valence-electron chi connectivity index (χ2n) is 25.0. The van der Waals surface area contributed by atoms with Crippen molar-refractivity contribution in [1.29, 1.82) is 0 Å². The van der Waals surface area contributed by atoms with Gasteiger partial charge in [0, 0.05) is 79.2 Å². The van der Waals surface area contributed by atoms with Gasteiger partial charge in [0.15, 0.2) is 0 Å². The Hall–Kier alpha value is -8.32. The number of ether oxygens (including phenoxy) is 2. The average molecular weight is 1060 g/mol. The Balaban J connectivity index is 1.01. The molecule has 0 aromatic heterocycles. The van der Waals surface area contributed by atoms with Crippen LogP contribution in [0.15, 0.2) is 228 Å². The molecule has 5 nitrogen and oxygen atoms in total. The van der Waals surface area contributed by atoms with Gasteiger partial charge in [-0.15, -0.1) is 0 Å². The molecular weight excluding hydrogens is 993 g/mol. The van der Waals surface area contributed by atoms with Crippen molar-refractivity contribution in [3.8, 4) is 23.0 Å². The Morgan fingerprint density at radius 3 is 1.16 bits per heavy atom. The van der Waals surface area contributed by atoms with Crippen LogP contribution in [0.1, 0.15) is 79.0 Å². The maximum atomic E-state index is 7.07. The Bertz CT molecular complexity index is 4050. The van der Waals surface area contributed by atoms with Crippen LogP contribution >= 0.6 is 11.8 Å². The molecule has 10 aromatic carbocycles. The third-order valence-electron chi connectivity index (χ3n) is 16.7. The summed E-state index contributed by atoms with van der Waals surface area (Å²) in [5, 5.41) is 0. The van der Waals surface area contributed by atoms with Crippen molar-refractivity contribution in [2.75, 3.05) is 14.7 Å². The lowest BCUT2D eigenvalue weighted by Gasteiger charge is -2.45. The van der Waals surface area contributed by atoms with Gasteiger partial charge in [0.1, 0.15) is 23.0 Å². The molecule has 0 fully saturated rings. The van der Waals surface area contributed by atoms with E-state index >= 15 is 0 Å². The first kappa shape index (κ1) is 49.9. The van der Waals surface area contributed by atoms with Crippen LogP contribution in [0.3, 0.4) is 0 Å². The van der Waals surface area contributed by atoms with Crippen molar-refractivity contribution in [2.24, 2.45) is 0 Å². The van der Waals surface area contributed by atoms with Crippen LogP contribution in [0.4, 0.5) is 51.2 Å². The number of anilines is 9. The standard InChI is InChI=1S/C72H63B2N3O2S/c1-70(2,3)46-28-34-51(35-29-46)77-62-45-66-59(74-57-25-17-19-27-61(57)76(50-22-14-11-15-23-50)65-42-55(43-67(80-66)69(65)74)79-53-38-32-48(33-39-53)72(7,8)9)44-58(62)73-56-24-16-18-26-60(56)75(49-20-12-10-13-21-49)63-40-54(41-64(77)68(63)73)78-52-36-30-47(31-37-52)71(4,5)6/h10-45H,1-9H3. The van der Waals surface area contributed by atoms with Crippen molar-refractivity contribution >= 4 is 109 Å². The zero-order chi connectivity index (χ0) is 54.8. The fraction of sp³-hybridized carbons (Fsp3) is 0.167. The quantitative estimate of drug-likeness (QED) is 0.148. The number of hydrogen-bond acceptors (Lipinski definition) is 6.